The second-order valence-corrected chi connectivity index (χ2v) is 17.7. The fraction of sp³-hybridized carbons (Fsp3) is 0.649. The van der Waals surface area contributed by atoms with E-state index in [0.29, 0.717) is 17.1 Å². The molecule has 0 unspecified atom stereocenters. The summed E-state index contributed by atoms with van der Waals surface area (Å²) in [5.74, 6) is -2.29. The quantitative estimate of drug-likeness (QED) is 0.120. The maximum Gasteiger partial charge on any atom is 0.409 e. The van der Waals surface area contributed by atoms with E-state index in [-0.39, 0.29) is 25.0 Å². The average Bonchev–Trinajstić information content (AvgIpc) is 3.77. The van der Waals surface area contributed by atoms with Crippen molar-refractivity contribution in [2.75, 3.05) is 31.0 Å². The first-order chi connectivity index (χ1) is 24.6. The summed E-state index contributed by atoms with van der Waals surface area (Å²) >= 11 is 6.74. The van der Waals surface area contributed by atoms with Crippen LogP contribution in [0.25, 0.3) is 0 Å². The van der Waals surface area contributed by atoms with Gasteiger partial charge in [-0.25, -0.2) is 4.79 Å². The number of hydrogen-bond donors (Lipinski definition) is 2. The van der Waals surface area contributed by atoms with Gasteiger partial charge in [0.25, 0.3) is 0 Å². The Balaban J connectivity index is 1.73. The van der Waals surface area contributed by atoms with Crippen LogP contribution in [0.2, 0.25) is 5.02 Å². The highest BCUT2D eigenvalue weighted by Crippen LogP contribution is 2.49. The molecular weight excluding hydrogens is 755 g/mol. The topological polar surface area (TPSA) is 121 Å². The van der Waals surface area contributed by atoms with Gasteiger partial charge in [-0.2, -0.15) is 13.2 Å². The van der Waals surface area contributed by atoms with Gasteiger partial charge in [0.15, 0.2) is 0 Å². The molecule has 53 heavy (non-hydrogen) atoms. The van der Waals surface area contributed by atoms with Crippen molar-refractivity contribution in [3.05, 3.63) is 52.1 Å². The van der Waals surface area contributed by atoms with Crippen molar-refractivity contribution >= 4 is 56.8 Å². The summed E-state index contributed by atoms with van der Waals surface area (Å²) in [6, 6.07) is 0.505. The largest absolute Gasteiger partial charge is 0.457 e. The zero-order chi connectivity index (χ0) is 39.6. The first-order valence-corrected chi connectivity index (χ1v) is 20.7. The number of fused-ring (bicyclic) bond motifs is 5. The number of anilines is 1. The Morgan fingerprint density at radius 3 is 2.58 bits per heavy atom. The molecule has 0 saturated carbocycles. The van der Waals surface area contributed by atoms with Crippen LogP contribution in [0, 0.1) is 18.8 Å². The van der Waals surface area contributed by atoms with E-state index in [1.54, 1.807) is 40.2 Å². The fourth-order valence-electron chi connectivity index (χ4n) is 7.06. The van der Waals surface area contributed by atoms with E-state index in [1.165, 1.54) is 40.5 Å². The normalized spacial score (nSPS) is 32.5. The number of carbonyl (C=O) groups is 3. The Bertz CT molecular complexity index is 1600. The lowest BCUT2D eigenvalue weighted by molar-refractivity contribution is -0.191. The number of benzene rings is 1. The van der Waals surface area contributed by atoms with E-state index in [0.717, 1.165) is 21.6 Å². The van der Waals surface area contributed by atoms with Gasteiger partial charge in [0.05, 0.1) is 23.2 Å². The van der Waals surface area contributed by atoms with Gasteiger partial charge < -0.3 is 24.2 Å². The molecule has 3 heterocycles. The van der Waals surface area contributed by atoms with Crippen molar-refractivity contribution in [1.82, 2.24) is 10.2 Å². The molecule has 0 radical (unpaired) electrons. The molecule has 0 aliphatic carbocycles. The molecule has 3 aliphatic rings. The van der Waals surface area contributed by atoms with Gasteiger partial charge in [-0.1, -0.05) is 76.9 Å². The number of nitrogens with one attached hydrogen (secondary N) is 1. The SMILES string of the molecule is CSSCC[C@H](N(C)[C@@H](C)C(=O)O[C@H]1CC(=O)N(C)c2cc(cc(C)c2Cl)C/C(C)=C/C=C/[C@@H](C)[C@@]2(O)C[C@H](OC(=O)N2)[C@@H](C)[C@@H]2O[C@@]12C)C(F)(F)F. The summed E-state index contributed by atoms with van der Waals surface area (Å²) < 4.78 is 60.4. The summed E-state index contributed by atoms with van der Waals surface area (Å²) in [5.41, 5.74) is 0.0968. The van der Waals surface area contributed by atoms with Crippen molar-refractivity contribution in [1.29, 1.82) is 0 Å². The number of amides is 2. The maximum atomic E-state index is 14.2. The number of alkyl carbamates (subject to hydrolysis) is 1. The number of nitrogens with zero attached hydrogens (tertiary/aromatic N) is 2. The van der Waals surface area contributed by atoms with Crippen LogP contribution < -0.4 is 10.2 Å². The number of carbonyl (C=O) groups excluding carboxylic acids is 3. The predicted octanol–water partition coefficient (Wildman–Crippen LogP) is 7.24. The molecule has 2 amide bonds. The second-order valence-electron chi connectivity index (χ2n) is 14.6. The number of alkyl halides is 3. The minimum absolute atomic E-state index is 0.00919. The van der Waals surface area contributed by atoms with Crippen molar-refractivity contribution in [2.24, 2.45) is 11.8 Å². The van der Waals surface area contributed by atoms with E-state index in [2.05, 4.69) is 5.32 Å². The van der Waals surface area contributed by atoms with E-state index in [9.17, 15) is 32.7 Å². The summed E-state index contributed by atoms with van der Waals surface area (Å²) in [5, 5.41) is 14.6. The summed E-state index contributed by atoms with van der Waals surface area (Å²) in [4.78, 5) is 42.9. The van der Waals surface area contributed by atoms with Crippen LogP contribution >= 0.6 is 33.2 Å². The fourth-order valence-corrected chi connectivity index (χ4v) is 8.57. The Kier molecular flexibility index (Phi) is 14.0. The molecule has 2 fully saturated rings. The number of halogens is 4. The van der Waals surface area contributed by atoms with E-state index < -0.39 is 77.7 Å². The molecule has 4 bridgehead atoms. The predicted molar refractivity (Wildman–Crippen MR) is 203 cm³/mol. The van der Waals surface area contributed by atoms with Crippen molar-refractivity contribution < 1.29 is 46.9 Å². The molecule has 2 saturated heterocycles. The van der Waals surface area contributed by atoms with E-state index in [4.69, 9.17) is 25.8 Å². The van der Waals surface area contributed by atoms with Gasteiger partial charge in [0, 0.05) is 31.1 Å². The molecule has 2 N–H and O–H groups in total. The van der Waals surface area contributed by atoms with Crippen LogP contribution in [-0.2, 0) is 30.2 Å². The van der Waals surface area contributed by atoms with Crippen molar-refractivity contribution in [2.45, 2.75) is 115 Å². The van der Waals surface area contributed by atoms with Gasteiger partial charge in [0.2, 0.25) is 5.91 Å². The highest BCUT2D eigenvalue weighted by Gasteiger charge is 2.64. The molecule has 16 heteroatoms. The van der Waals surface area contributed by atoms with E-state index in [1.807, 2.05) is 38.1 Å². The molecule has 1 aromatic rings. The molecule has 3 aliphatic heterocycles. The highest BCUT2D eigenvalue weighted by atomic mass is 35.5. The van der Waals surface area contributed by atoms with Crippen LogP contribution in [0.5, 0.6) is 0 Å². The summed E-state index contributed by atoms with van der Waals surface area (Å²) in [6.45, 7) is 10.3. The average molecular weight is 806 g/mol. The lowest BCUT2D eigenvalue weighted by atomic mass is 9.82. The van der Waals surface area contributed by atoms with Crippen LogP contribution in [0.3, 0.4) is 0 Å². The third-order valence-corrected chi connectivity index (χ3v) is 13.1. The van der Waals surface area contributed by atoms with Crippen LogP contribution in [0.1, 0.15) is 65.0 Å². The van der Waals surface area contributed by atoms with Crippen LogP contribution in [-0.4, -0.2) is 102 Å². The number of aliphatic hydroxyl groups is 1. The minimum atomic E-state index is -4.60. The van der Waals surface area contributed by atoms with Crippen molar-refractivity contribution in [3.8, 4) is 0 Å². The Labute approximate surface area is 322 Å². The zero-order valence-electron chi connectivity index (χ0n) is 31.6. The Morgan fingerprint density at radius 2 is 1.94 bits per heavy atom. The molecule has 0 spiro atoms. The smallest absolute Gasteiger partial charge is 0.409 e. The van der Waals surface area contributed by atoms with Gasteiger partial charge in [0.1, 0.15) is 35.6 Å². The lowest BCUT2D eigenvalue weighted by Crippen LogP contribution is -2.60. The second kappa shape index (κ2) is 17.2. The zero-order valence-corrected chi connectivity index (χ0v) is 34.0. The van der Waals surface area contributed by atoms with Gasteiger partial charge in [-0.3, -0.25) is 19.8 Å². The number of hydrogen-bond acceptors (Lipinski definition) is 10. The van der Waals surface area contributed by atoms with Crippen LogP contribution in [0.15, 0.2) is 35.9 Å². The maximum absolute atomic E-state index is 14.2. The molecule has 0 aromatic heterocycles. The molecular formula is C37H51ClF3N3O7S2. The molecule has 10 nitrogen and oxygen atoms in total. The van der Waals surface area contributed by atoms with Gasteiger partial charge in [-0.05, 0) is 71.0 Å². The Morgan fingerprint density at radius 1 is 1.26 bits per heavy atom. The minimum Gasteiger partial charge on any atom is -0.457 e. The molecule has 9 atom stereocenters. The molecule has 1 aromatic carbocycles. The molecule has 4 rings (SSSR count). The number of likely N-dealkylation sites (N-methyl/N-ethyl adjacent to an activating group) is 1. The number of ether oxygens (including phenoxy) is 3. The Hall–Kier alpha value is -2.43. The monoisotopic (exact) mass is 805 g/mol. The number of aryl methyl sites for hydroxylation is 1. The number of esters is 1. The van der Waals surface area contributed by atoms with Crippen molar-refractivity contribution in [3.63, 3.8) is 0 Å². The summed E-state index contributed by atoms with van der Waals surface area (Å²) in [7, 11) is 5.44. The van der Waals surface area contributed by atoms with Gasteiger partial charge in [-0.15, -0.1) is 0 Å². The lowest BCUT2D eigenvalue weighted by Gasteiger charge is -2.41. The van der Waals surface area contributed by atoms with Gasteiger partial charge >= 0.3 is 18.2 Å². The highest BCUT2D eigenvalue weighted by molar-refractivity contribution is 8.76. The first kappa shape index (κ1) is 43.3. The third-order valence-electron chi connectivity index (χ3n) is 10.8. The van der Waals surface area contributed by atoms with E-state index >= 15 is 0 Å². The number of epoxide rings is 1. The summed E-state index contributed by atoms with van der Waals surface area (Å²) in [6.07, 6.45) is -0.992. The number of allylic oxidation sites excluding steroid dienone is 3. The first-order valence-electron chi connectivity index (χ1n) is 17.6. The number of rotatable bonds is 8. The third kappa shape index (κ3) is 10.1. The standard InChI is InChI=1S/C37H51ClF3N3O7S2/c1-20-11-10-12-22(3)36(48)19-27(49-34(47)42-36)23(4)32-35(6,51-32)29(18-30(45)44(8)26-17-25(15-20)16-21(2)31(26)38)50-33(46)24(5)43(7)28(37(39,40)41)13-14-53-52-9/h10-12,16-17,22-24,27-29,32,48H,13-15,18-19H2,1-9H3,(H,42,47)/b12-10+,20-11+/t22-,23-,24+,27+,28+,29+,32+,35+,36+/m1/s1. The van der Waals surface area contributed by atoms with Crippen LogP contribution in [0.4, 0.5) is 23.7 Å². The molecule has 296 valence electrons.